The van der Waals surface area contributed by atoms with Crippen molar-refractivity contribution in [3.8, 4) is 0 Å². The van der Waals surface area contributed by atoms with Gasteiger partial charge in [0.05, 0.1) is 20.4 Å². The Hall–Kier alpha value is -0.630. The van der Waals surface area contributed by atoms with Crippen molar-refractivity contribution in [1.82, 2.24) is 0 Å². The number of benzene rings is 1. The molecule has 1 unspecified atom stereocenters. The molecule has 8 heteroatoms. The van der Waals surface area contributed by atoms with Gasteiger partial charge in [-0.05, 0) is 24.1 Å². The fourth-order valence-corrected chi connectivity index (χ4v) is 2.10. The number of hydrogen-bond donors (Lipinski definition) is 2. The quantitative estimate of drug-likeness (QED) is 0.798. The van der Waals surface area contributed by atoms with Crippen molar-refractivity contribution in [3.05, 3.63) is 23.2 Å². The second kappa shape index (κ2) is 6.21. The Balaban J connectivity index is 3.05. The highest BCUT2D eigenvalue weighted by molar-refractivity contribution is 9.10. The Morgan fingerprint density at radius 3 is 2.47 bits per heavy atom. The number of halogens is 2. The summed E-state index contributed by atoms with van der Waals surface area (Å²) in [6.45, 7) is 3.75. The number of nitrogens with one attached hydrogen (secondary N) is 1. The van der Waals surface area contributed by atoms with Crippen molar-refractivity contribution >= 4 is 49.1 Å². The van der Waals surface area contributed by atoms with Gasteiger partial charge in [-0.1, -0.05) is 41.4 Å². The van der Waals surface area contributed by atoms with E-state index in [2.05, 4.69) is 21.2 Å². The summed E-state index contributed by atoms with van der Waals surface area (Å²) in [4.78, 5) is 11.4. The maximum absolute atomic E-state index is 11.9. The molecule has 106 valence electrons. The number of carbonyl (C=O) groups excluding carboxylic acids is 1. The van der Waals surface area contributed by atoms with Crippen molar-refractivity contribution in [2.45, 2.75) is 23.6 Å². The largest absolute Gasteiger partial charge is 0.324 e. The summed E-state index contributed by atoms with van der Waals surface area (Å²) >= 11 is 9.16. The molecule has 0 saturated heterocycles. The van der Waals surface area contributed by atoms with Gasteiger partial charge in [-0.3, -0.25) is 4.79 Å². The predicted octanol–water partition coefficient (Wildman–Crippen LogP) is 2.35. The summed E-state index contributed by atoms with van der Waals surface area (Å²) < 4.78 is 22.5. The van der Waals surface area contributed by atoms with Crippen LogP contribution in [0.25, 0.3) is 0 Å². The number of nitrogens with two attached hydrogens (primary N) is 1. The predicted molar refractivity (Wildman–Crippen MR) is 79.0 cm³/mol. The van der Waals surface area contributed by atoms with E-state index in [-0.39, 0.29) is 27.4 Å². The lowest BCUT2D eigenvalue weighted by atomic mass is 10.1. The third kappa shape index (κ3) is 4.45. The number of alkyl halides is 1. The molecule has 0 spiro atoms. The van der Waals surface area contributed by atoms with Gasteiger partial charge in [0.15, 0.2) is 0 Å². The summed E-state index contributed by atoms with van der Waals surface area (Å²) in [6.07, 6.45) is 0. The van der Waals surface area contributed by atoms with E-state index >= 15 is 0 Å². The third-order valence-corrected chi connectivity index (χ3v) is 5.07. The highest BCUT2D eigenvalue weighted by atomic mass is 79.9. The summed E-state index contributed by atoms with van der Waals surface area (Å²) in [6, 6.07) is 3.88. The van der Waals surface area contributed by atoms with Gasteiger partial charge in [0.1, 0.15) is 0 Å². The monoisotopic (exact) mass is 368 g/mol. The Labute approximate surface area is 125 Å². The SMILES string of the molecule is CC(C)C(Br)C(=O)Nc1cc(S(N)(=O)=O)ccc1Cl. The fourth-order valence-electron chi connectivity index (χ4n) is 1.28. The topological polar surface area (TPSA) is 89.3 Å². The smallest absolute Gasteiger partial charge is 0.238 e. The van der Waals surface area contributed by atoms with E-state index in [9.17, 15) is 13.2 Å². The molecular weight excluding hydrogens is 356 g/mol. The minimum Gasteiger partial charge on any atom is -0.324 e. The zero-order valence-corrected chi connectivity index (χ0v) is 13.5. The minimum absolute atomic E-state index is 0.0835. The van der Waals surface area contributed by atoms with Crippen LogP contribution in [0.15, 0.2) is 23.1 Å². The lowest BCUT2D eigenvalue weighted by molar-refractivity contribution is -0.116. The van der Waals surface area contributed by atoms with E-state index in [0.717, 1.165) is 0 Å². The van der Waals surface area contributed by atoms with Crippen molar-refractivity contribution in [2.75, 3.05) is 5.32 Å². The molecule has 0 aliphatic carbocycles. The van der Waals surface area contributed by atoms with Gasteiger partial charge in [0, 0.05) is 0 Å². The number of sulfonamides is 1. The van der Waals surface area contributed by atoms with Crippen LogP contribution in [0.4, 0.5) is 5.69 Å². The third-order valence-electron chi connectivity index (χ3n) is 2.36. The molecule has 0 aliphatic heterocycles. The molecule has 0 fully saturated rings. The first kappa shape index (κ1) is 16.4. The van der Waals surface area contributed by atoms with Crippen LogP contribution in [0.2, 0.25) is 5.02 Å². The molecule has 5 nitrogen and oxygen atoms in total. The summed E-state index contributed by atoms with van der Waals surface area (Å²) in [7, 11) is -3.84. The van der Waals surface area contributed by atoms with Gasteiger partial charge in [-0.2, -0.15) is 0 Å². The van der Waals surface area contributed by atoms with Crippen LogP contribution in [0.5, 0.6) is 0 Å². The van der Waals surface area contributed by atoms with Crippen LogP contribution in [0.1, 0.15) is 13.8 Å². The molecule has 1 aromatic carbocycles. The van der Waals surface area contributed by atoms with Crippen LogP contribution in [-0.2, 0) is 14.8 Å². The Kier molecular flexibility index (Phi) is 5.37. The second-order valence-corrected chi connectivity index (χ2v) is 7.28. The summed E-state index contributed by atoms with van der Waals surface area (Å²) in [5, 5.41) is 7.83. The van der Waals surface area contributed by atoms with Crippen molar-refractivity contribution in [1.29, 1.82) is 0 Å². The summed E-state index contributed by atoms with van der Waals surface area (Å²) in [5.41, 5.74) is 0.211. The molecular formula is C11H14BrClN2O3S. The van der Waals surface area contributed by atoms with Crippen molar-refractivity contribution in [2.24, 2.45) is 11.1 Å². The molecule has 0 heterocycles. The van der Waals surface area contributed by atoms with Gasteiger partial charge in [-0.15, -0.1) is 0 Å². The molecule has 1 amide bonds. The average molecular weight is 370 g/mol. The molecule has 1 atom stereocenters. The Morgan fingerprint density at radius 1 is 1.42 bits per heavy atom. The van der Waals surface area contributed by atoms with Gasteiger partial charge in [0.2, 0.25) is 15.9 Å². The van der Waals surface area contributed by atoms with Crippen LogP contribution in [0, 0.1) is 5.92 Å². The maximum atomic E-state index is 11.9. The Morgan fingerprint density at radius 2 is 2.00 bits per heavy atom. The molecule has 3 N–H and O–H groups in total. The van der Waals surface area contributed by atoms with E-state index < -0.39 is 14.9 Å². The lowest BCUT2D eigenvalue weighted by Crippen LogP contribution is -2.27. The van der Waals surface area contributed by atoms with Gasteiger partial charge in [-0.25, -0.2) is 13.6 Å². The number of primary sulfonamides is 1. The molecule has 0 aliphatic rings. The van der Waals surface area contributed by atoms with Crippen molar-refractivity contribution in [3.63, 3.8) is 0 Å². The summed E-state index contributed by atoms with van der Waals surface area (Å²) in [5.74, 6) is -0.219. The first-order valence-corrected chi connectivity index (χ1v) is 8.24. The minimum atomic E-state index is -3.84. The zero-order chi connectivity index (χ0) is 14.8. The van der Waals surface area contributed by atoms with Gasteiger partial charge < -0.3 is 5.32 Å². The molecule has 19 heavy (non-hydrogen) atoms. The van der Waals surface area contributed by atoms with Crippen LogP contribution in [0.3, 0.4) is 0 Å². The van der Waals surface area contributed by atoms with Gasteiger partial charge >= 0.3 is 0 Å². The van der Waals surface area contributed by atoms with Crippen LogP contribution in [-0.4, -0.2) is 19.2 Å². The molecule has 0 bridgehead atoms. The number of carbonyl (C=O) groups is 1. The number of hydrogen-bond acceptors (Lipinski definition) is 3. The average Bonchev–Trinajstić information content (AvgIpc) is 2.29. The van der Waals surface area contributed by atoms with Crippen molar-refractivity contribution < 1.29 is 13.2 Å². The standard InChI is InChI=1S/C11H14BrClN2O3S/c1-6(2)10(12)11(16)15-9-5-7(19(14,17)18)3-4-8(9)13/h3-6,10H,1-2H3,(H,15,16)(H2,14,17,18). The molecule has 1 aromatic rings. The number of anilines is 1. The van der Waals surface area contributed by atoms with E-state index in [4.69, 9.17) is 16.7 Å². The normalized spacial score (nSPS) is 13.4. The van der Waals surface area contributed by atoms with E-state index in [1.165, 1.54) is 18.2 Å². The highest BCUT2D eigenvalue weighted by Gasteiger charge is 2.20. The maximum Gasteiger partial charge on any atom is 0.238 e. The zero-order valence-electron chi connectivity index (χ0n) is 10.4. The first-order valence-electron chi connectivity index (χ1n) is 5.40. The lowest BCUT2D eigenvalue weighted by Gasteiger charge is -2.15. The van der Waals surface area contributed by atoms with Gasteiger partial charge in [0.25, 0.3) is 0 Å². The molecule has 0 radical (unpaired) electrons. The van der Waals surface area contributed by atoms with Crippen LogP contribution < -0.4 is 10.5 Å². The first-order chi connectivity index (χ1) is 8.62. The molecule has 0 aromatic heterocycles. The highest BCUT2D eigenvalue weighted by Crippen LogP contribution is 2.26. The number of rotatable bonds is 4. The van der Waals surface area contributed by atoms with E-state index in [1.807, 2.05) is 13.8 Å². The van der Waals surface area contributed by atoms with E-state index in [1.54, 1.807) is 0 Å². The fraction of sp³-hybridized carbons (Fsp3) is 0.364. The second-order valence-electron chi connectivity index (χ2n) is 4.32. The van der Waals surface area contributed by atoms with Crippen LogP contribution >= 0.6 is 27.5 Å². The Bertz CT molecular complexity index is 590. The number of amides is 1. The van der Waals surface area contributed by atoms with E-state index in [0.29, 0.717) is 0 Å². The molecule has 1 rings (SSSR count). The molecule has 0 saturated carbocycles.